The van der Waals surface area contributed by atoms with Crippen LogP contribution in [0, 0.1) is 5.92 Å². The van der Waals surface area contributed by atoms with E-state index in [9.17, 15) is 5.11 Å². The molecule has 0 aromatic heterocycles. The van der Waals surface area contributed by atoms with Gasteiger partial charge in [0.2, 0.25) is 0 Å². The van der Waals surface area contributed by atoms with Gasteiger partial charge < -0.3 is 19.5 Å². The normalized spacial score (nSPS) is 36.1. The quantitative estimate of drug-likeness (QED) is 0.909. The van der Waals surface area contributed by atoms with Crippen LogP contribution in [0.25, 0.3) is 0 Å². The van der Waals surface area contributed by atoms with Crippen molar-refractivity contribution < 1.29 is 14.6 Å². The molecule has 1 N–H and O–H groups in total. The molecule has 1 heterocycles. The Morgan fingerprint density at radius 1 is 1.22 bits per heavy atom. The summed E-state index contributed by atoms with van der Waals surface area (Å²) in [5.41, 5.74) is 2.75. The Kier molecular flexibility index (Phi) is 3.58. The highest BCUT2D eigenvalue weighted by Crippen LogP contribution is 2.59. The van der Waals surface area contributed by atoms with E-state index in [2.05, 4.69) is 18.0 Å². The Balaban J connectivity index is 1.95. The molecule has 2 fully saturated rings. The maximum atomic E-state index is 10.5. The summed E-state index contributed by atoms with van der Waals surface area (Å²) in [6.07, 6.45) is 4.87. The molecule has 0 spiro atoms. The number of aliphatic hydroxyl groups is 1. The van der Waals surface area contributed by atoms with Crippen molar-refractivity contribution in [3.8, 4) is 11.5 Å². The average Bonchev–Trinajstić information content (AvgIpc) is 2.56. The zero-order valence-corrected chi connectivity index (χ0v) is 14.3. The smallest absolute Gasteiger partial charge is 0.164 e. The Labute approximate surface area is 138 Å². The third kappa shape index (κ3) is 2.04. The molecule has 4 atom stereocenters. The van der Waals surface area contributed by atoms with Gasteiger partial charge in [0, 0.05) is 17.0 Å². The minimum absolute atomic E-state index is 0.0440. The lowest BCUT2D eigenvalue weighted by Gasteiger charge is -2.59. The van der Waals surface area contributed by atoms with Crippen LogP contribution >= 0.6 is 0 Å². The van der Waals surface area contributed by atoms with E-state index in [4.69, 9.17) is 9.47 Å². The fourth-order valence-electron chi connectivity index (χ4n) is 5.64. The number of methoxy groups -OCH3 is 2. The van der Waals surface area contributed by atoms with Crippen LogP contribution in [0.2, 0.25) is 0 Å². The maximum absolute atomic E-state index is 10.5. The van der Waals surface area contributed by atoms with Gasteiger partial charge in [-0.15, -0.1) is 0 Å². The standard InChI is InChI=1S/C19H27NO3/c1-20-9-8-19-11-13(21)5-6-14(19)15(20)10-12-4-7-16(22-2)18(23-3)17(12)19/h4,7,13-15,21H,5-6,8-11H2,1-3H3/t13?,14-,15-,19+/m1/s1. The number of piperidine rings is 1. The first-order valence-electron chi connectivity index (χ1n) is 8.73. The first kappa shape index (κ1) is 15.3. The maximum Gasteiger partial charge on any atom is 0.164 e. The molecule has 4 rings (SSSR count). The number of benzene rings is 1. The summed E-state index contributed by atoms with van der Waals surface area (Å²) in [5, 5.41) is 10.5. The van der Waals surface area contributed by atoms with Crippen LogP contribution in [0.1, 0.15) is 36.8 Å². The van der Waals surface area contributed by atoms with Gasteiger partial charge in [-0.25, -0.2) is 0 Å². The monoisotopic (exact) mass is 317 g/mol. The first-order chi connectivity index (χ1) is 11.1. The van der Waals surface area contributed by atoms with Gasteiger partial charge in [-0.2, -0.15) is 0 Å². The highest BCUT2D eigenvalue weighted by molar-refractivity contribution is 5.57. The van der Waals surface area contributed by atoms with Crippen molar-refractivity contribution in [2.75, 3.05) is 27.8 Å². The molecule has 2 bridgehead atoms. The Morgan fingerprint density at radius 3 is 2.78 bits per heavy atom. The predicted molar refractivity (Wildman–Crippen MR) is 89.3 cm³/mol. The van der Waals surface area contributed by atoms with Crippen molar-refractivity contribution in [3.63, 3.8) is 0 Å². The number of likely N-dealkylation sites (N-methyl/N-ethyl adjacent to an activating group) is 1. The molecule has 23 heavy (non-hydrogen) atoms. The lowest BCUT2D eigenvalue weighted by Crippen LogP contribution is -2.61. The number of ether oxygens (including phenoxy) is 2. The minimum Gasteiger partial charge on any atom is -0.493 e. The Bertz CT molecular complexity index is 617. The van der Waals surface area contributed by atoms with Gasteiger partial charge >= 0.3 is 0 Å². The fraction of sp³-hybridized carbons (Fsp3) is 0.684. The molecule has 1 aromatic rings. The second kappa shape index (κ2) is 5.38. The summed E-state index contributed by atoms with van der Waals surface area (Å²) >= 11 is 0. The third-order valence-electron chi connectivity index (χ3n) is 6.62. The van der Waals surface area contributed by atoms with Crippen molar-refractivity contribution >= 4 is 0 Å². The van der Waals surface area contributed by atoms with E-state index in [1.165, 1.54) is 11.1 Å². The van der Waals surface area contributed by atoms with Gasteiger partial charge in [-0.05, 0) is 63.2 Å². The van der Waals surface area contributed by atoms with Gasteiger partial charge in [-0.3, -0.25) is 0 Å². The zero-order chi connectivity index (χ0) is 16.2. The lowest BCUT2D eigenvalue weighted by atomic mass is 9.51. The summed E-state index contributed by atoms with van der Waals surface area (Å²) < 4.78 is 11.4. The molecule has 4 nitrogen and oxygen atoms in total. The molecule has 0 amide bonds. The van der Waals surface area contributed by atoms with Crippen molar-refractivity contribution in [1.82, 2.24) is 4.90 Å². The molecule has 2 aliphatic carbocycles. The molecule has 4 heteroatoms. The highest BCUT2D eigenvalue weighted by atomic mass is 16.5. The van der Waals surface area contributed by atoms with E-state index in [0.29, 0.717) is 12.0 Å². The van der Waals surface area contributed by atoms with Gasteiger partial charge in [0.25, 0.3) is 0 Å². The van der Waals surface area contributed by atoms with E-state index in [-0.39, 0.29) is 11.5 Å². The van der Waals surface area contributed by atoms with Gasteiger partial charge in [0.1, 0.15) is 0 Å². The zero-order valence-electron chi connectivity index (χ0n) is 14.3. The van der Waals surface area contributed by atoms with Crippen molar-refractivity contribution in [2.24, 2.45) is 5.92 Å². The van der Waals surface area contributed by atoms with Crippen LogP contribution in [0.5, 0.6) is 11.5 Å². The van der Waals surface area contributed by atoms with Crippen LogP contribution in [-0.2, 0) is 11.8 Å². The summed E-state index contributed by atoms with van der Waals surface area (Å²) in [7, 11) is 5.70. The van der Waals surface area contributed by atoms with Crippen LogP contribution in [-0.4, -0.2) is 50.0 Å². The summed E-state index contributed by atoms with van der Waals surface area (Å²) in [4.78, 5) is 2.53. The number of rotatable bonds is 2. The van der Waals surface area contributed by atoms with Crippen LogP contribution in [0.15, 0.2) is 12.1 Å². The number of fused-ring (bicyclic) bond motifs is 1. The molecule has 1 saturated heterocycles. The van der Waals surface area contributed by atoms with Crippen LogP contribution in [0.4, 0.5) is 0 Å². The summed E-state index contributed by atoms with van der Waals surface area (Å²) in [5.74, 6) is 2.32. The first-order valence-corrected chi connectivity index (χ1v) is 8.73. The molecular formula is C19H27NO3. The van der Waals surface area contributed by atoms with Crippen LogP contribution in [0.3, 0.4) is 0 Å². The van der Waals surface area contributed by atoms with Crippen molar-refractivity contribution in [1.29, 1.82) is 0 Å². The largest absolute Gasteiger partial charge is 0.493 e. The summed E-state index contributed by atoms with van der Waals surface area (Å²) in [6, 6.07) is 4.83. The summed E-state index contributed by atoms with van der Waals surface area (Å²) in [6.45, 7) is 1.09. The molecule has 1 aliphatic heterocycles. The number of hydrogen-bond donors (Lipinski definition) is 1. The fourth-order valence-corrected chi connectivity index (χ4v) is 5.64. The van der Waals surface area contributed by atoms with Crippen molar-refractivity contribution in [3.05, 3.63) is 23.3 Å². The number of nitrogens with zero attached hydrogens (tertiary/aromatic N) is 1. The Hall–Kier alpha value is -1.26. The number of likely N-dealkylation sites (tertiary alicyclic amines) is 1. The lowest BCUT2D eigenvalue weighted by molar-refractivity contribution is -0.0403. The molecule has 1 unspecified atom stereocenters. The van der Waals surface area contributed by atoms with E-state index < -0.39 is 0 Å². The highest BCUT2D eigenvalue weighted by Gasteiger charge is 2.56. The van der Waals surface area contributed by atoms with E-state index in [1.54, 1.807) is 14.2 Å². The number of hydrogen-bond acceptors (Lipinski definition) is 4. The van der Waals surface area contributed by atoms with Gasteiger partial charge in [-0.1, -0.05) is 6.07 Å². The second-order valence-corrected chi connectivity index (χ2v) is 7.54. The number of aliphatic hydroxyl groups excluding tert-OH is 1. The second-order valence-electron chi connectivity index (χ2n) is 7.54. The van der Waals surface area contributed by atoms with Crippen molar-refractivity contribution in [2.45, 2.75) is 49.7 Å². The van der Waals surface area contributed by atoms with E-state index in [0.717, 1.165) is 50.1 Å². The molecule has 0 radical (unpaired) electrons. The molecule has 126 valence electrons. The minimum atomic E-state index is -0.197. The van der Waals surface area contributed by atoms with Gasteiger partial charge in [0.05, 0.1) is 20.3 Å². The SMILES string of the molecule is COc1ccc2c(c1OC)[C@]13CCN(C)[C@H](C2)[C@H]1CCC(O)C3. The Morgan fingerprint density at radius 2 is 2.04 bits per heavy atom. The van der Waals surface area contributed by atoms with E-state index >= 15 is 0 Å². The van der Waals surface area contributed by atoms with Crippen LogP contribution < -0.4 is 9.47 Å². The molecular weight excluding hydrogens is 290 g/mol. The topological polar surface area (TPSA) is 41.9 Å². The molecule has 3 aliphatic rings. The van der Waals surface area contributed by atoms with E-state index in [1.807, 2.05) is 6.07 Å². The predicted octanol–water partition coefficient (Wildman–Crippen LogP) is 2.36. The third-order valence-corrected chi connectivity index (χ3v) is 6.62. The molecule has 1 saturated carbocycles. The van der Waals surface area contributed by atoms with Gasteiger partial charge in [0.15, 0.2) is 11.5 Å². The molecule has 1 aromatic carbocycles. The average molecular weight is 317 g/mol.